The summed E-state index contributed by atoms with van der Waals surface area (Å²) in [5.74, 6) is 0. The molecule has 1 aliphatic heterocycles. The molecule has 28 heavy (non-hydrogen) atoms. The number of rotatable bonds is 1. The molecule has 0 saturated heterocycles. The lowest BCUT2D eigenvalue weighted by molar-refractivity contribution is 1.16. The molecule has 0 amide bonds. The first kappa shape index (κ1) is 16.3. The van der Waals surface area contributed by atoms with Gasteiger partial charge < -0.3 is 0 Å². The molecule has 0 spiro atoms. The van der Waals surface area contributed by atoms with Crippen LogP contribution < -0.4 is 0 Å². The predicted octanol–water partition coefficient (Wildman–Crippen LogP) is 8.28. The fourth-order valence-corrected chi connectivity index (χ4v) is 6.43. The first-order valence-corrected chi connectivity index (χ1v) is 11.0. The molecule has 0 radical (unpaired) electrons. The van der Waals surface area contributed by atoms with E-state index in [1.165, 1.54) is 52.3 Å². The monoisotopic (exact) mass is 392 g/mol. The number of fused-ring (bicyclic) bond motifs is 5. The topological polar surface area (TPSA) is 0 Å². The van der Waals surface area contributed by atoms with Crippen molar-refractivity contribution in [1.29, 1.82) is 0 Å². The molecule has 2 heteroatoms. The molecule has 1 heterocycles. The van der Waals surface area contributed by atoms with Gasteiger partial charge in [-0.25, -0.2) is 0 Å². The first-order chi connectivity index (χ1) is 13.9. The molecule has 0 unspecified atom stereocenters. The molecule has 5 aromatic rings. The average molecular weight is 393 g/mol. The lowest BCUT2D eigenvalue weighted by atomic mass is 9.95. The van der Waals surface area contributed by atoms with E-state index in [1.54, 1.807) is 0 Å². The van der Waals surface area contributed by atoms with Crippen molar-refractivity contribution in [3.8, 4) is 11.1 Å². The van der Waals surface area contributed by atoms with Crippen LogP contribution in [0, 0.1) is 0 Å². The summed E-state index contributed by atoms with van der Waals surface area (Å²) >= 11 is 3.77. The quantitative estimate of drug-likeness (QED) is 0.258. The van der Waals surface area contributed by atoms with E-state index in [4.69, 9.17) is 0 Å². The molecule has 0 atom stereocenters. The Morgan fingerprint density at radius 1 is 0.393 bits per heavy atom. The van der Waals surface area contributed by atoms with Gasteiger partial charge in [0.2, 0.25) is 0 Å². The normalized spacial score (nSPS) is 12.7. The summed E-state index contributed by atoms with van der Waals surface area (Å²) in [5.41, 5.74) is 2.64. The van der Waals surface area contributed by atoms with Crippen molar-refractivity contribution in [1.82, 2.24) is 0 Å². The van der Waals surface area contributed by atoms with Crippen LogP contribution in [0.4, 0.5) is 0 Å². The maximum absolute atomic E-state index is 2.28. The molecule has 0 nitrogen and oxygen atoms in total. The molecule has 0 aromatic heterocycles. The number of hydrogen-bond acceptors (Lipinski definition) is 2. The van der Waals surface area contributed by atoms with Crippen LogP contribution in [0.1, 0.15) is 0 Å². The highest BCUT2D eigenvalue weighted by Crippen LogP contribution is 2.52. The Labute approximate surface area is 172 Å². The third-order valence-corrected chi connectivity index (χ3v) is 7.95. The third kappa shape index (κ3) is 2.49. The maximum Gasteiger partial charge on any atom is 0.0341 e. The molecule has 6 rings (SSSR count). The lowest BCUT2D eigenvalue weighted by Crippen LogP contribution is -1.93. The van der Waals surface area contributed by atoms with Crippen LogP contribution in [0.5, 0.6) is 0 Å². The minimum atomic E-state index is 1.29. The zero-order valence-corrected chi connectivity index (χ0v) is 16.7. The SMILES string of the molecule is c1ccc2c(c1)Sc1cccc(-c3cccc4c3ccc3ccccc34)c1S2. The molecular formula is C26H16S2. The van der Waals surface area contributed by atoms with Crippen LogP contribution in [0.2, 0.25) is 0 Å². The van der Waals surface area contributed by atoms with Crippen molar-refractivity contribution >= 4 is 45.1 Å². The lowest BCUT2D eigenvalue weighted by Gasteiger charge is -2.21. The summed E-state index contributed by atoms with van der Waals surface area (Å²) in [6, 6.07) is 35.3. The largest absolute Gasteiger partial charge is 0.0877 e. The van der Waals surface area contributed by atoms with Crippen LogP contribution >= 0.6 is 23.5 Å². The number of benzene rings is 5. The van der Waals surface area contributed by atoms with Gasteiger partial charge in [-0.05, 0) is 50.9 Å². The van der Waals surface area contributed by atoms with E-state index in [0.29, 0.717) is 0 Å². The van der Waals surface area contributed by atoms with Gasteiger partial charge in [-0.2, -0.15) is 0 Å². The van der Waals surface area contributed by atoms with Crippen LogP contribution in [0.25, 0.3) is 32.7 Å². The van der Waals surface area contributed by atoms with Crippen molar-refractivity contribution in [2.24, 2.45) is 0 Å². The zero-order chi connectivity index (χ0) is 18.5. The van der Waals surface area contributed by atoms with E-state index in [0.717, 1.165) is 0 Å². The molecule has 0 aliphatic carbocycles. The van der Waals surface area contributed by atoms with Gasteiger partial charge in [0.25, 0.3) is 0 Å². The Balaban J connectivity index is 1.61. The van der Waals surface area contributed by atoms with Crippen molar-refractivity contribution in [3.05, 3.63) is 97.1 Å². The summed E-state index contributed by atoms with van der Waals surface area (Å²) in [4.78, 5) is 5.41. The van der Waals surface area contributed by atoms with Gasteiger partial charge in [0.15, 0.2) is 0 Å². The maximum atomic E-state index is 2.28. The summed E-state index contributed by atoms with van der Waals surface area (Å²) in [6.45, 7) is 0. The highest BCUT2D eigenvalue weighted by molar-refractivity contribution is 8.05. The molecule has 0 bridgehead atoms. The highest BCUT2D eigenvalue weighted by Gasteiger charge is 2.20. The molecule has 132 valence electrons. The summed E-state index contributed by atoms with van der Waals surface area (Å²) in [6.07, 6.45) is 0. The smallest absolute Gasteiger partial charge is 0.0341 e. The minimum Gasteiger partial charge on any atom is -0.0877 e. The van der Waals surface area contributed by atoms with Crippen molar-refractivity contribution < 1.29 is 0 Å². The van der Waals surface area contributed by atoms with Gasteiger partial charge in [-0.3, -0.25) is 0 Å². The summed E-state index contributed by atoms with van der Waals surface area (Å²) in [7, 11) is 0. The Hall–Kier alpha value is -2.68. The minimum absolute atomic E-state index is 1.29. The second-order valence-corrected chi connectivity index (χ2v) is 9.11. The molecule has 5 aromatic carbocycles. The van der Waals surface area contributed by atoms with E-state index < -0.39 is 0 Å². The van der Waals surface area contributed by atoms with Crippen LogP contribution in [0.3, 0.4) is 0 Å². The summed E-state index contributed by atoms with van der Waals surface area (Å²) < 4.78 is 0. The van der Waals surface area contributed by atoms with Crippen LogP contribution in [0.15, 0.2) is 117 Å². The van der Waals surface area contributed by atoms with Crippen molar-refractivity contribution in [2.75, 3.05) is 0 Å². The molecular weight excluding hydrogens is 376 g/mol. The highest BCUT2D eigenvalue weighted by atomic mass is 32.2. The van der Waals surface area contributed by atoms with Gasteiger partial charge in [-0.1, -0.05) is 102 Å². The van der Waals surface area contributed by atoms with Gasteiger partial charge >= 0.3 is 0 Å². The second kappa shape index (κ2) is 6.44. The standard InChI is InChI=1S/C26H16S2/c1-2-8-18-17(7-1)15-16-21-19(18)9-5-10-20(21)22-11-6-14-25-26(22)28-24-13-4-3-12-23(24)27-25/h1-16H. The predicted molar refractivity (Wildman–Crippen MR) is 122 cm³/mol. The second-order valence-electron chi connectivity index (χ2n) is 6.97. The van der Waals surface area contributed by atoms with Gasteiger partial charge in [-0.15, -0.1) is 0 Å². The van der Waals surface area contributed by atoms with E-state index in [9.17, 15) is 0 Å². The van der Waals surface area contributed by atoms with Crippen molar-refractivity contribution in [3.63, 3.8) is 0 Å². The zero-order valence-electron chi connectivity index (χ0n) is 15.1. The van der Waals surface area contributed by atoms with Gasteiger partial charge in [0.1, 0.15) is 0 Å². The fourth-order valence-electron chi connectivity index (χ4n) is 4.04. The number of hydrogen-bond donors (Lipinski definition) is 0. The molecule has 0 saturated carbocycles. The third-order valence-electron chi connectivity index (χ3n) is 5.34. The van der Waals surface area contributed by atoms with E-state index in [2.05, 4.69) is 97.1 Å². The molecule has 0 fully saturated rings. The Morgan fingerprint density at radius 3 is 2.00 bits per heavy atom. The van der Waals surface area contributed by atoms with Gasteiger partial charge in [0, 0.05) is 19.6 Å². The summed E-state index contributed by atoms with van der Waals surface area (Å²) in [5, 5.41) is 5.25. The molecule has 0 N–H and O–H groups in total. The Kier molecular flexibility index (Phi) is 3.75. The Morgan fingerprint density at radius 2 is 1.07 bits per heavy atom. The van der Waals surface area contributed by atoms with E-state index in [1.807, 2.05) is 23.5 Å². The fraction of sp³-hybridized carbons (Fsp3) is 0. The van der Waals surface area contributed by atoms with E-state index >= 15 is 0 Å². The first-order valence-electron chi connectivity index (χ1n) is 9.37. The average Bonchev–Trinajstić information content (AvgIpc) is 2.77. The van der Waals surface area contributed by atoms with Crippen molar-refractivity contribution in [2.45, 2.75) is 19.6 Å². The van der Waals surface area contributed by atoms with Gasteiger partial charge in [0.05, 0.1) is 0 Å². The van der Waals surface area contributed by atoms with E-state index in [-0.39, 0.29) is 0 Å². The van der Waals surface area contributed by atoms with Crippen LogP contribution in [-0.4, -0.2) is 0 Å². The molecule has 1 aliphatic rings. The van der Waals surface area contributed by atoms with Crippen LogP contribution in [-0.2, 0) is 0 Å². The Bertz CT molecular complexity index is 1370.